The quantitative estimate of drug-likeness (QED) is 0.496. The number of carbonyl (C=O) groups is 1. The van der Waals surface area contributed by atoms with E-state index < -0.39 is 27.6 Å². The van der Waals surface area contributed by atoms with E-state index >= 15 is 0 Å². The van der Waals surface area contributed by atoms with Gasteiger partial charge in [-0.15, -0.1) is 0 Å². The van der Waals surface area contributed by atoms with Gasteiger partial charge in [-0.3, -0.25) is 24.0 Å². The minimum Gasteiger partial charge on any atom is -0.485 e. The van der Waals surface area contributed by atoms with Crippen LogP contribution in [0.5, 0.6) is 5.75 Å². The van der Waals surface area contributed by atoms with Crippen LogP contribution in [0.25, 0.3) is 11.0 Å². The molecule has 5 rings (SSSR count). The van der Waals surface area contributed by atoms with Crippen molar-refractivity contribution in [3.63, 3.8) is 0 Å². The zero-order valence-corrected chi connectivity index (χ0v) is 22.3. The van der Waals surface area contributed by atoms with Gasteiger partial charge in [0, 0.05) is 58.0 Å². The molecule has 1 atom stereocenters. The summed E-state index contributed by atoms with van der Waals surface area (Å²) in [5.74, 6) is -0.281. The number of nitrogens with zero attached hydrogens (tertiary/aromatic N) is 4. The van der Waals surface area contributed by atoms with Gasteiger partial charge in [0.1, 0.15) is 23.0 Å². The number of rotatable bonds is 6. The molecule has 4 heterocycles. The van der Waals surface area contributed by atoms with Crippen molar-refractivity contribution in [2.75, 3.05) is 46.0 Å². The molecule has 0 spiro atoms. The minimum absolute atomic E-state index is 0.0483. The first-order valence-corrected chi connectivity index (χ1v) is 14.3. The molecule has 38 heavy (non-hydrogen) atoms. The van der Waals surface area contributed by atoms with E-state index in [4.69, 9.17) is 4.74 Å². The van der Waals surface area contributed by atoms with Crippen LogP contribution in [0.4, 0.5) is 4.39 Å². The summed E-state index contributed by atoms with van der Waals surface area (Å²) < 4.78 is 46.8. The first-order valence-electron chi connectivity index (χ1n) is 12.4. The lowest BCUT2D eigenvalue weighted by molar-refractivity contribution is 0.0896. The number of sulfonamides is 1. The number of carbonyl (C=O) groups excluding carboxylic acids is 1. The van der Waals surface area contributed by atoms with E-state index in [0.717, 1.165) is 11.1 Å². The zero-order chi connectivity index (χ0) is 27.2. The van der Waals surface area contributed by atoms with Gasteiger partial charge in [-0.05, 0) is 30.2 Å². The Morgan fingerprint density at radius 1 is 1.18 bits per heavy atom. The second kappa shape index (κ2) is 10.1. The molecule has 0 bridgehead atoms. The molecule has 1 amide bonds. The average Bonchev–Trinajstić information content (AvgIpc) is 2.88. The summed E-state index contributed by atoms with van der Waals surface area (Å²) in [5, 5.41) is 2.55. The van der Waals surface area contributed by atoms with Gasteiger partial charge in [0.2, 0.25) is 10.0 Å². The van der Waals surface area contributed by atoms with Gasteiger partial charge >= 0.3 is 0 Å². The van der Waals surface area contributed by atoms with Gasteiger partial charge < -0.3 is 10.1 Å². The Kier molecular flexibility index (Phi) is 6.97. The molecule has 1 unspecified atom stereocenters. The Labute approximate surface area is 220 Å². The first kappa shape index (κ1) is 26.3. The second-order valence-corrected chi connectivity index (χ2v) is 11.8. The van der Waals surface area contributed by atoms with Crippen molar-refractivity contribution in [3.05, 3.63) is 68.9 Å². The van der Waals surface area contributed by atoms with E-state index in [1.54, 1.807) is 29.8 Å². The van der Waals surface area contributed by atoms with Crippen LogP contribution in [-0.2, 0) is 23.0 Å². The van der Waals surface area contributed by atoms with Crippen LogP contribution in [0.1, 0.15) is 27.0 Å². The van der Waals surface area contributed by atoms with E-state index in [9.17, 15) is 22.4 Å². The van der Waals surface area contributed by atoms with Crippen LogP contribution < -0.4 is 15.6 Å². The van der Waals surface area contributed by atoms with Crippen molar-refractivity contribution < 1.29 is 22.3 Å². The van der Waals surface area contributed by atoms with Gasteiger partial charge in [0.25, 0.3) is 11.5 Å². The molecule has 1 aromatic carbocycles. The second-order valence-electron chi connectivity index (χ2n) is 9.81. The number of halogens is 1. The van der Waals surface area contributed by atoms with E-state index in [1.165, 1.54) is 29.7 Å². The number of nitrogens with one attached hydrogen (secondary N) is 1. The summed E-state index contributed by atoms with van der Waals surface area (Å²) in [4.78, 5) is 33.0. The van der Waals surface area contributed by atoms with Gasteiger partial charge in [-0.1, -0.05) is 12.1 Å². The molecule has 3 aromatic rings. The third-order valence-electron chi connectivity index (χ3n) is 7.23. The Bertz CT molecular complexity index is 1560. The Hall–Kier alpha value is -3.35. The number of aromatic nitrogens is 2. The van der Waals surface area contributed by atoms with Crippen LogP contribution in [-0.4, -0.2) is 85.2 Å². The highest BCUT2D eigenvalue weighted by Gasteiger charge is 2.32. The summed E-state index contributed by atoms with van der Waals surface area (Å²) >= 11 is 0. The maximum absolute atomic E-state index is 13.6. The van der Waals surface area contributed by atoms with Crippen LogP contribution >= 0.6 is 0 Å². The lowest BCUT2D eigenvalue weighted by atomic mass is 10.0. The summed E-state index contributed by atoms with van der Waals surface area (Å²) in [6.07, 6.45) is 2.90. The maximum Gasteiger partial charge on any atom is 0.264 e. The van der Waals surface area contributed by atoms with Crippen molar-refractivity contribution >= 4 is 27.0 Å². The van der Waals surface area contributed by atoms with Crippen molar-refractivity contribution in [3.8, 4) is 5.75 Å². The maximum atomic E-state index is 13.6. The Morgan fingerprint density at radius 2 is 1.87 bits per heavy atom. The minimum atomic E-state index is -3.25. The number of pyridine rings is 2. The molecule has 1 fully saturated rings. The van der Waals surface area contributed by atoms with Gasteiger partial charge in [-0.25, -0.2) is 12.8 Å². The predicted molar refractivity (Wildman–Crippen MR) is 141 cm³/mol. The molecule has 10 nitrogen and oxygen atoms in total. The third-order valence-corrected chi connectivity index (χ3v) is 8.54. The van der Waals surface area contributed by atoms with E-state index in [1.807, 2.05) is 0 Å². The molecule has 0 saturated carbocycles. The van der Waals surface area contributed by atoms with Gasteiger partial charge in [0.15, 0.2) is 5.75 Å². The Morgan fingerprint density at radius 3 is 2.50 bits per heavy atom. The molecule has 0 aliphatic carbocycles. The number of hydrogen-bond donors (Lipinski definition) is 1. The van der Waals surface area contributed by atoms with Crippen LogP contribution in [0.2, 0.25) is 0 Å². The number of piperazine rings is 1. The molecule has 0 radical (unpaired) electrons. The van der Waals surface area contributed by atoms with E-state index in [2.05, 4.69) is 15.2 Å². The molecule has 2 aliphatic heterocycles. The lowest BCUT2D eigenvalue weighted by Gasteiger charge is -2.37. The van der Waals surface area contributed by atoms with E-state index in [0.29, 0.717) is 61.5 Å². The molecule has 1 saturated heterocycles. The molecule has 202 valence electrons. The molecule has 2 aliphatic rings. The smallest absolute Gasteiger partial charge is 0.264 e. The predicted octanol–water partition coefficient (Wildman–Crippen LogP) is 1.13. The third kappa shape index (κ3) is 4.91. The molecule has 2 aromatic heterocycles. The van der Waals surface area contributed by atoms with Gasteiger partial charge in [-0.2, -0.15) is 4.31 Å². The average molecular weight is 544 g/mol. The van der Waals surface area contributed by atoms with Gasteiger partial charge in [0.05, 0.1) is 18.3 Å². The SMILES string of the molecule is CNC(=O)c1c(C)c2ncc(Cc3ccc(F)cc3)c3c2n(c1=O)CC(CN1CCN(S(C)(=O)=O)CC1)O3. The van der Waals surface area contributed by atoms with Crippen LogP contribution in [0.3, 0.4) is 0 Å². The molecule has 1 N–H and O–H groups in total. The number of benzene rings is 1. The number of ether oxygens (including phenoxy) is 1. The highest BCUT2D eigenvalue weighted by atomic mass is 32.2. The highest BCUT2D eigenvalue weighted by Crippen LogP contribution is 2.35. The number of aryl methyl sites for hydroxylation is 1. The number of hydrogen-bond acceptors (Lipinski definition) is 7. The monoisotopic (exact) mass is 543 g/mol. The molecular formula is C26H30FN5O5S. The van der Waals surface area contributed by atoms with Crippen molar-refractivity contribution in [1.29, 1.82) is 0 Å². The van der Waals surface area contributed by atoms with Crippen LogP contribution in [0, 0.1) is 12.7 Å². The highest BCUT2D eigenvalue weighted by molar-refractivity contribution is 7.88. The fourth-order valence-corrected chi connectivity index (χ4v) is 6.07. The van der Waals surface area contributed by atoms with Crippen molar-refractivity contribution in [1.82, 2.24) is 24.1 Å². The van der Waals surface area contributed by atoms with E-state index in [-0.39, 0.29) is 17.9 Å². The summed E-state index contributed by atoms with van der Waals surface area (Å²) in [5.41, 5.74) is 2.78. The summed E-state index contributed by atoms with van der Waals surface area (Å²) in [6.45, 7) is 4.26. The summed E-state index contributed by atoms with van der Waals surface area (Å²) in [6, 6.07) is 6.18. The zero-order valence-electron chi connectivity index (χ0n) is 21.5. The van der Waals surface area contributed by atoms with Crippen LogP contribution in [0.15, 0.2) is 35.3 Å². The van der Waals surface area contributed by atoms with Crippen molar-refractivity contribution in [2.24, 2.45) is 0 Å². The summed E-state index contributed by atoms with van der Waals surface area (Å²) in [7, 11) is -1.77. The first-order chi connectivity index (χ1) is 18.1. The molecular weight excluding hydrogens is 513 g/mol. The standard InChI is InChI=1S/C26H30FN5O5S/c1-16-21(25(33)28-2)26(34)32-15-20(14-30-8-10-31(11-9-30)38(3,35)36)37-24-18(13-29-22(16)23(24)32)12-17-4-6-19(27)7-5-17/h4-7,13,20H,8-12,14-15H2,1-3H3,(H,28,33). The fourth-order valence-electron chi connectivity index (χ4n) is 5.24. The fraction of sp³-hybridized carbons (Fsp3) is 0.423. The number of amides is 1. The van der Waals surface area contributed by atoms with Crippen molar-refractivity contribution in [2.45, 2.75) is 26.0 Å². The molecule has 12 heteroatoms. The normalized spacial score (nSPS) is 18.4. The lowest BCUT2D eigenvalue weighted by Crippen LogP contribution is -2.52. The topological polar surface area (TPSA) is 114 Å². The Balaban J connectivity index is 1.54. The largest absolute Gasteiger partial charge is 0.485 e.